The van der Waals surface area contributed by atoms with Crippen LogP contribution in [0.15, 0.2) is 17.6 Å². The fourth-order valence-electron chi connectivity index (χ4n) is 3.20. The summed E-state index contributed by atoms with van der Waals surface area (Å²) in [7, 11) is 0. The van der Waals surface area contributed by atoms with E-state index < -0.39 is 29.4 Å². The molecule has 2 aromatic heterocycles. The number of alkyl halides is 3. The maximum Gasteiger partial charge on any atom is 0.433 e. The molecule has 0 saturated carbocycles. The summed E-state index contributed by atoms with van der Waals surface area (Å²) in [6.07, 6.45) is -2.95. The lowest BCUT2D eigenvalue weighted by atomic mass is 10.1. The molecule has 0 bridgehead atoms. The molecule has 0 aliphatic carbocycles. The van der Waals surface area contributed by atoms with Crippen LogP contribution in [0.25, 0.3) is 0 Å². The molecule has 0 unspecified atom stereocenters. The number of nitrogens with zero attached hydrogens (tertiary/aromatic N) is 3. The number of hydrogen-bond acceptors (Lipinski definition) is 4. The van der Waals surface area contributed by atoms with Gasteiger partial charge in [-0.1, -0.05) is 0 Å². The summed E-state index contributed by atoms with van der Waals surface area (Å²) >= 11 is 1.67. The zero-order valence-electron chi connectivity index (χ0n) is 15.5. The first kappa shape index (κ1) is 20.4. The Morgan fingerprint density at radius 3 is 2.79 bits per heavy atom. The number of amides is 2. The van der Waals surface area contributed by atoms with Gasteiger partial charge in [0.05, 0.1) is 11.8 Å². The molecule has 0 saturated heterocycles. The summed E-state index contributed by atoms with van der Waals surface area (Å²) in [6, 6.07) is 1.45. The molecule has 1 N–H and O–H groups in total. The van der Waals surface area contributed by atoms with Crippen LogP contribution in [0.4, 0.5) is 13.2 Å². The van der Waals surface area contributed by atoms with Crippen LogP contribution in [0.2, 0.25) is 0 Å². The number of thiophene rings is 1. The first-order chi connectivity index (χ1) is 13.2. The van der Waals surface area contributed by atoms with Crippen molar-refractivity contribution in [3.63, 3.8) is 0 Å². The van der Waals surface area contributed by atoms with E-state index in [9.17, 15) is 22.8 Å². The fourth-order valence-corrected chi connectivity index (χ4v) is 4.09. The minimum Gasteiger partial charge on any atom is -0.351 e. The first-order valence-corrected chi connectivity index (χ1v) is 9.82. The average molecular weight is 414 g/mol. The topological polar surface area (TPSA) is 67.2 Å². The van der Waals surface area contributed by atoms with Gasteiger partial charge >= 0.3 is 6.18 Å². The summed E-state index contributed by atoms with van der Waals surface area (Å²) < 4.78 is 40.8. The molecule has 28 heavy (non-hydrogen) atoms. The molecule has 3 heterocycles. The van der Waals surface area contributed by atoms with Gasteiger partial charge in [0.25, 0.3) is 5.91 Å². The van der Waals surface area contributed by atoms with Crippen LogP contribution in [0.3, 0.4) is 0 Å². The van der Waals surface area contributed by atoms with Gasteiger partial charge in [0.2, 0.25) is 5.91 Å². The van der Waals surface area contributed by atoms with Crippen molar-refractivity contribution in [1.29, 1.82) is 0 Å². The number of carbonyl (C=O) groups excluding carboxylic acids is 2. The van der Waals surface area contributed by atoms with Crippen molar-refractivity contribution in [2.45, 2.75) is 45.5 Å². The van der Waals surface area contributed by atoms with Gasteiger partial charge in [-0.15, -0.1) is 11.3 Å². The van der Waals surface area contributed by atoms with E-state index in [2.05, 4.69) is 10.4 Å². The summed E-state index contributed by atoms with van der Waals surface area (Å²) in [5, 5.41) is 8.10. The molecule has 2 aromatic rings. The van der Waals surface area contributed by atoms with Gasteiger partial charge < -0.3 is 10.2 Å². The van der Waals surface area contributed by atoms with E-state index in [-0.39, 0.29) is 18.9 Å². The van der Waals surface area contributed by atoms with Crippen molar-refractivity contribution >= 4 is 23.2 Å². The van der Waals surface area contributed by atoms with Crippen molar-refractivity contribution in [1.82, 2.24) is 20.0 Å². The molecule has 2 amide bonds. The third-order valence-electron chi connectivity index (χ3n) is 4.58. The second-order valence-electron chi connectivity index (χ2n) is 6.88. The fraction of sp³-hybridized carbons (Fsp3) is 0.500. The highest BCUT2D eigenvalue weighted by atomic mass is 32.1. The summed E-state index contributed by atoms with van der Waals surface area (Å²) in [4.78, 5) is 27.6. The van der Waals surface area contributed by atoms with Gasteiger partial charge in [-0.25, -0.2) is 0 Å². The van der Waals surface area contributed by atoms with E-state index in [0.717, 1.165) is 22.9 Å². The monoisotopic (exact) mass is 414 g/mol. The minimum atomic E-state index is -4.70. The molecule has 0 spiro atoms. The molecule has 152 valence electrons. The van der Waals surface area contributed by atoms with Crippen LogP contribution in [0, 0.1) is 0 Å². The molecule has 1 aliphatic rings. The van der Waals surface area contributed by atoms with E-state index in [1.165, 1.54) is 4.88 Å². The van der Waals surface area contributed by atoms with Crippen LogP contribution < -0.4 is 5.32 Å². The molecule has 0 radical (unpaired) electrons. The molecule has 0 aromatic carbocycles. The van der Waals surface area contributed by atoms with Crippen LogP contribution in [-0.2, 0) is 23.9 Å². The SMILES string of the molecule is CC(C)n1ncc(C(=O)NCCC(=O)N2CCc3sccc3C2)c1C(F)(F)F. The Hall–Kier alpha value is -2.36. The summed E-state index contributed by atoms with van der Waals surface area (Å²) in [6.45, 7) is 4.22. The molecular formula is C18H21F3N4O2S. The smallest absolute Gasteiger partial charge is 0.351 e. The van der Waals surface area contributed by atoms with E-state index in [1.54, 1.807) is 30.1 Å². The standard InChI is InChI=1S/C18H21F3N4O2S/c1-11(2)25-16(18(19,20)21)13(9-23-25)17(27)22-6-3-15(26)24-7-4-14-12(10-24)5-8-28-14/h5,8-9,11H,3-4,6-7,10H2,1-2H3,(H,22,27). The summed E-state index contributed by atoms with van der Waals surface area (Å²) in [5.74, 6) is -1.02. The van der Waals surface area contributed by atoms with Crippen molar-refractivity contribution in [2.24, 2.45) is 0 Å². The van der Waals surface area contributed by atoms with Crippen molar-refractivity contribution in [3.05, 3.63) is 39.3 Å². The third-order valence-corrected chi connectivity index (χ3v) is 5.61. The number of rotatable bonds is 5. The Bertz CT molecular complexity index is 873. The predicted octanol–water partition coefficient (Wildman–Crippen LogP) is 3.25. The Labute approximate surface area is 164 Å². The Morgan fingerprint density at radius 1 is 1.36 bits per heavy atom. The van der Waals surface area contributed by atoms with Gasteiger partial charge in [-0.05, 0) is 37.3 Å². The van der Waals surface area contributed by atoms with Gasteiger partial charge in [-0.2, -0.15) is 18.3 Å². The van der Waals surface area contributed by atoms with Crippen LogP contribution in [-0.4, -0.2) is 39.6 Å². The first-order valence-electron chi connectivity index (χ1n) is 8.94. The van der Waals surface area contributed by atoms with Crippen LogP contribution in [0.5, 0.6) is 0 Å². The Morgan fingerprint density at radius 2 is 2.11 bits per heavy atom. The molecule has 6 nitrogen and oxygen atoms in total. The third kappa shape index (κ3) is 4.21. The lowest BCUT2D eigenvalue weighted by molar-refractivity contribution is -0.145. The second-order valence-corrected chi connectivity index (χ2v) is 7.88. The largest absolute Gasteiger partial charge is 0.433 e. The van der Waals surface area contributed by atoms with Gasteiger partial charge in [-0.3, -0.25) is 14.3 Å². The predicted molar refractivity (Wildman–Crippen MR) is 98.0 cm³/mol. The van der Waals surface area contributed by atoms with E-state index in [4.69, 9.17) is 0 Å². The molecule has 0 atom stereocenters. The molecule has 0 fully saturated rings. The number of halogens is 3. The number of nitrogens with one attached hydrogen (secondary N) is 1. The van der Waals surface area contributed by atoms with Crippen molar-refractivity contribution in [2.75, 3.05) is 13.1 Å². The molecular weight excluding hydrogens is 393 g/mol. The number of fused-ring (bicyclic) bond motifs is 1. The maximum atomic E-state index is 13.3. The molecule has 10 heteroatoms. The van der Waals surface area contributed by atoms with Crippen molar-refractivity contribution in [3.8, 4) is 0 Å². The Balaban J connectivity index is 1.59. The number of hydrogen-bond donors (Lipinski definition) is 1. The minimum absolute atomic E-state index is 0.0326. The normalized spacial score (nSPS) is 14.3. The highest BCUT2D eigenvalue weighted by molar-refractivity contribution is 7.10. The van der Waals surface area contributed by atoms with Crippen LogP contribution >= 0.6 is 11.3 Å². The average Bonchev–Trinajstić information content (AvgIpc) is 3.27. The molecule has 1 aliphatic heterocycles. The van der Waals surface area contributed by atoms with Gasteiger partial charge in [0, 0.05) is 37.0 Å². The highest BCUT2D eigenvalue weighted by Crippen LogP contribution is 2.33. The maximum absolute atomic E-state index is 13.3. The zero-order chi connectivity index (χ0) is 20.5. The van der Waals surface area contributed by atoms with Gasteiger partial charge in [0.15, 0.2) is 5.69 Å². The van der Waals surface area contributed by atoms with Crippen molar-refractivity contribution < 1.29 is 22.8 Å². The van der Waals surface area contributed by atoms with E-state index in [0.29, 0.717) is 13.1 Å². The van der Waals surface area contributed by atoms with E-state index in [1.807, 2.05) is 11.4 Å². The quantitative estimate of drug-likeness (QED) is 0.817. The van der Waals surface area contributed by atoms with Gasteiger partial charge in [0.1, 0.15) is 0 Å². The highest BCUT2D eigenvalue weighted by Gasteiger charge is 2.40. The number of carbonyl (C=O) groups is 2. The lowest BCUT2D eigenvalue weighted by Crippen LogP contribution is -2.37. The summed E-state index contributed by atoms with van der Waals surface area (Å²) in [5.41, 5.74) is -0.480. The van der Waals surface area contributed by atoms with Crippen LogP contribution in [0.1, 0.15) is 52.8 Å². The second kappa shape index (κ2) is 7.94. The lowest BCUT2D eigenvalue weighted by Gasteiger charge is -2.27. The van der Waals surface area contributed by atoms with E-state index >= 15 is 0 Å². The molecule has 3 rings (SSSR count). The zero-order valence-corrected chi connectivity index (χ0v) is 16.4. The number of aromatic nitrogens is 2. The Kier molecular flexibility index (Phi) is 5.78.